The molecule has 0 spiro atoms. The predicted molar refractivity (Wildman–Crippen MR) is 59.4 cm³/mol. The van der Waals surface area contributed by atoms with Gasteiger partial charge in [-0.1, -0.05) is 6.92 Å². The summed E-state index contributed by atoms with van der Waals surface area (Å²) in [6.07, 6.45) is 3.94. The maximum atomic E-state index is 5.85. The molecule has 1 aliphatic heterocycles. The van der Waals surface area contributed by atoms with Crippen molar-refractivity contribution in [3.63, 3.8) is 0 Å². The van der Waals surface area contributed by atoms with Crippen LogP contribution in [-0.2, 0) is 4.74 Å². The molecule has 2 N–H and O–H groups in total. The Labute approximate surface area is 87.6 Å². The number of rotatable bonds is 4. The van der Waals surface area contributed by atoms with Crippen LogP contribution in [0.15, 0.2) is 0 Å². The number of nitrogens with two attached hydrogens (primary N) is 1. The number of likely N-dealkylation sites (tertiary alicyclic amines) is 1. The lowest BCUT2D eigenvalue weighted by Gasteiger charge is -2.44. The molecule has 1 heterocycles. The fourth-order valence-corrected chi connectivity index (χ4v) is 2.12. The minimum atomic E-state index is 0.164. The van der Waals surface area contributed by atoms with E-state index in [0.29, 0.717) is 6.10 Å². The number of methoxy groups -OCH3 is 1. The van der Waals surface area contributed by atoms with Gasteiger partial charge in [0.2, 0.25) is 0 Å². The van der Waals surface area contributed by atoms with E-state index < -0.39 is 0 Å². The molecule has 84 valence electrons. The lowest BCUT2D eigenvalue weighted by Crippen LogP contribution is -2.56. The Balaban J connectivity index is 2.57. The van der Waals surface area contributed by atoms with Gasteiger partial charge < -0.3 is 10.5 Å². The molecule has 3 nitrogen and oxygen atoms in total. The van der Waals surface area contributed by atoms with Crippen molar-refractivity contribution >= 4 is 0 Å². The summed E-state index contributed by atoms with van der Waals surface area (Å²) in [5.41, 5.74) is 6.02. The van der Waals surface area contributed by atoms with Crippen LogP contribution in [0.1, 0.15) is 33.1 Å². The zero-order valence-corrected chi connectivity index (χ0v) is 9.75. The molecular formula is C11H24N2O. The minimum absolute atomic E-state index is 0.164. The molecule has 2 atom stereocenters. The van der Waals surface area contributed by atoms with Gasteiger partial charge in [-0.2, -0.15) is 0 Å². The van der Waals surface area contributed by atoms with Crippen LogP contribution in [0.5, 0.6) is 0 Å². The molecule has 0 aromatic rings. The molecule has 0 radical (unpaired) electrons. The van der Waals surface area contributed by atoms with Gasteiger partial charge >= 0.3 is 0 Å². The van der Waals surface area contributed by atoms with Gasteiger partial charge in [-0.3, -0.25) is 4.90 Å². The van der Waals surface area contributed by atoms with E-state index in [1.54, 1.807) is 7.11 Å². The Kier molecular flexibility index (Phi) is 4.35. The quantitative estimate of drug-likeness (QED) is 0.741. The summed E-state index contributed by atoms with van der Waals surface area (Å²) in [7, 11) is 1.81. The summed E-state index contributed by atoms with van der Waals surface area (Å²) < 4.78 is 5.42. The number of ether oxygens (including phenoxy) is 1. The maximum absolute atomic E-state index is 5.85. The van der Waals surface area contributed by atoms with E-state index in [0.717, 1.165) is 19.5 Å². The zero-order valence-electron chi connectivity index (χ0n) is 9.75. The molecule has 0 aromatic carbocycles. The van der Waals surface area contributed by atoms with Gasteiger partial charge in [-0.25, -0.2) is 0 Å². The minimum Gasteiger partial charge on any atom is -0.380 e. The average molecular weight is 200 g/mol. The van der Waals surface area contributed by atoms with Crippen LogP contribution < -0.4 is 5.73 Å². The number of hydrogen-bond donors (Lipinski definition) is 1. The molecule has 0 saturated carbocycles. The second-order valence-electron chi connectivity index (χ2n) is 4.50. The van der Waals surface area contributed by atoms with Crippen LogP contribution in [0.4, 0.5) is 0 Å². The number of nitrogens with zero attached hydrogens (tertiary/aromatic N) is 1. The van der Waals surface area contributed by atoms with Crippen LogP contribution in [0.3, 0.4) is 0 Å². The molecule has 1 fully saturated rings. The highest BCUT2D eigenvalue weighted by Crippen LogP contribution is 2.23. The number of hydrogen-bond acceptors (Lipinski definition) is 3. The lowest BCUT2D eigenvalue weighted by molar-refractivity contribution is -0.0126. The highest BCUT2D eigenvalue weighted by atomic mass is 16.5. The van der Waals surface area contributed by atoms with Crippen LogP contribution in [0.25, 0.3) is 0 Å². The predicted octanol–water partition coefficient (Wildman–Crippen LogP) is 1.22. The maximum Gasteiger partial charge on any atom is 0.0698 e. The fraction of sp³-hybridized carbons (Fsp3) is 1.00. The summed E-state index contributed by atoms with van der Waals surface area (Å²) in [4.78, 5) is 2.49. The topological polar surface area (TPSA) is 38.5 Å². The molecule has 0 aliphatic carbocycles. The van der Waals surface area contributed by atoms with Crippen molar-refractivity contribution in [2.24, 2.45) is 5.73 Å². The third-order valence-corrected chi connectivity index (χ3v) is 3.68. The first-order chi connectivity index (χ1) is 6.66. The molecular weight excluding hydrogens is 176 g/mol. The molecule has 1 rings (SSSR count). The first-order valence-electron chi connectivity index (χ1n) is 5.64. The highest BCUT2D eigenvalue weighted by molar-refractivity contribution is 4.89. The Morgan fingerprint density at radius 3 is 2.79 bits per heavy atom. The second-order valence-corrected chi connectivity index (χ2v) is 4.50. The van der Waals surface area contributed by atoms with Gasteiger partial charge in [0.25, 0.3) is 0 Å². The Hall–Kier alpha value is -0.120. The van der Waals surface area contributed by atoms with Crippen LogP contribution in [-0.4, -0.2) is 43.3 Å². The standard InChI is InChI=1S/C11H24N2O/c1-4-11(2,9-12)13-7-5-6-10(8-13)14-3/h10H,4-9,12H2,1-3H3. The smallest absolute Gasteiger partial charge is 0.0698 e. The molecule has 3 heteroatoms. The van der Waals surface area contributed by atoms with Crippen molar-refractivity contribution in [3.05, 3.63) is 0 Å². The van der Waals surface area contributed by atoms with Gasteiger partial charge in [0.05, 0.1) is 6.10 Å². The monoisotopic (exact) mass is 200 g/mol. The molecule has 2 unspecified atom stereocenters. The molecule has 1 saturated heterocycles. The van der Waals surface area contributed by atoms with Gasteiger partial charge in [0.15, 0.2) is 0 Å². The average Bonchev–Trinajstić information content (AvgIpc) is 2.28. The van der Waals surface area contributed by atoms with E-state index >= 15 is 0 Å². The van der Waals surface area contributed by atoms with Crippen molar-refractivity contribution < 1.29 is 4.74 Å². The summed E-state index contributed by atoms with van der Waals surface area (Å²) in [6, 6.07) is 0. The molecule has 0 amide bonds. The van der Waals surface area contributed by atoms with Crippen LogP contribution in [0, 0.1) is 0 Å². The molecule has 14 heavy (non-hydrogen) atoms. The zero-order chi connectivity index (χ0) is 10.6. The van der Waals surface area contributed by atoms with Gasteiger partial charge in [0, 0.05) is 25.7 Å². The van der Waals surface area contributed by atoms with Crippen molar-refractivity contribution in [2.45, 2.75) is 44.8 Å². The largest absolute Gasteiger partial charge is 0.380 e. The van der Waals surface area contributed by atoms with E-state index in [1.807, 2.05) is 0 Å². The van der Waals surface area contributed by atoms with Crippen molar-refractivity contribution in [1.29, 1.82) is 0 Å². The molecule has 0 aromatic heterocycles. The van der Waals surface area contributed by atoms with Crippen molar-refractivity contribution in [2.75, 3.05) is 26.7 Å². The Bertz CT molecular complexity index is 169. The van der Waals surface area contributed by atoms with Crippen molar-refractivity contribution in [1.82, 2.24) is 4.90 Å². The van der Waals surface area contributed by atoms with Gasteiger partial charge in [0.1, 0.15) is 0 Å². The normalized spacial score (nSPS) is 28.7. The number of piperidine rings is 1. The Morgan fingerprint density at radius 2 is 2.29 bits per heavy atom. The highest BCUT2D eigenvalue weighted by Gasteiger charge is 2.32. The van der Waals surface area contributed by atoms with Gasteiger partial charge in [-0.15, -0.1) is 0 Å². The SMILES string of the molecule is CCC(C)(CN)N1CCCC(OC)C1. The van der Waals surface area contributed by atoms with Crippen LogP contribution >= 0.6 is 0 Å². The van der Waals surface area contributed by atoms with Crippen LogP contribution in [0.2, 0.25) is 0 Å². The summed E-state index contributed by atoms with van der Waals surface area (Å²) in [5.74, 6) is 0. The summed E-state index contributed by atoms with van der Waals surface area (Å²) >= 11 is 0. The third kappa shape index (κ3) is 2.47. The first-order valence-corrected chi connectivity index (χ1v) is 5.64. The summed E-state index contributed by atoms with van der Waals surface area (Å²) in [5, 5.41) is 0. The Morgan fingerprint density at radius 1 is 1.57 bits per heavy atom. The molecule has 0 bridgehead atoms. The van der Waals surface area contributed by atoms with Crippen molar-refractivity contribution in [3.8, 4) is 0 Å². The van der Waals surface area contributed by atoms with E-state index in [9.17, 15) is 0 Å². The fourth-order valence-electron chi connectivity index (χ4n) is 2.12. The molecule has 1 aliphatic rings. The van der Waals surface area contributed by atoms with E-state index in [1.165, 1.54) is 19.4 Å². The van der Waals surface area contributed by atoms with E-state index in [4.69, 9.17) is 10.5 Å². The first kappa shape index (κ1) is 12.0. The third-order valence-electron chi connectivity index (χ3n) is 3.68. The second kappa shape index (κ2) is 5.10. The summed E-state index contributed by atoms with van der Waals surface area (Å²) in [6.45, 7) is 7.41. The van der Waals surface area contributed by atoms with Gasteiger partial charge in [-0.05, 0) is 32.7 Å². The van der Waals surface area contributed by atoms with E-state index in [2.05, 4.69) is 18.7 Å². The van der Waals surface area contributed by atoms with E-state index in [-0.39, 0.29) is 5.54 Å². The lowest BCUT2D eigenvalue weighted by atomic mass is 9.93.